The second-order valence-electron chi connectivity index (χ2n) is 1.87. The fourth-order valence-electron chi connectivity index (χ4n) is 0.632. The second-order valence-corrected chi connectivity index (χ2v) is 4.58. The normalized spacial score (nSPS) is 28.2. The van der Waals surface area contributed by atoms with Gasteiger partial charge in [-0.3, -0.25) is 0 Å². The van der Waals surface area contributed by atoms with Crippen molar-refractivity contribution < 1.29 is 0 Å². The summed E-state index contributed by atoms with van der Waals surface area (Å²) >= 11 is 0. The summed E-state index contributed by atoms with van der Waals surface area (Å²) in [7, 11) is 3.88. The lowest BCUT2D eigenvalue weighted by atomic mass is 10.3. The molecular weight excluding hydrogens is 136 g/mol. The van der Waals surface area contributed by atoms with Gasteiger partial charge in [-0.25, -0.2) is 0 Å². The third-order valence-electron chi connectivity index (χ3n) is 1.08. The van der Waals surface area contributed by atoms with Crippen molar-refractivity contribution >= 4 is 21.6 Å². The molecule has 0 nitrogen and oxygen atoms in total. The Morgan fingerprint density at radius 2 is 2.50 bits per heavy atom. The van der Waals surface area contributed by atoms with Crippen LogP contribution in [0.15, 0.2) is 11.0 Å². The summed E-state index contributed by atoms with van der Waals surface area (Å²) in [5, 5.41) is 0.745. The summed E-state index contributed by atoms with van der Waals surface area (Å²) in [6.07, 6.45) is 3.55. The number of hydrogen-bond donors (Lipinski definition) is 0. The van der Waals surface area contributed by atoms with E-state index in [2.05, 4.69) is 19.9 Å². The molecule has 2 heteroatoms. The van der Waals surface area contributed by atoms with Gasteiger partial charge < -0.3 is 0 Å². The molecule has 1 atom stereocenters. The fraction of sp³-hybridized carbons (Fsp3) is 0.667. The molecule has 0 saturated carbocycles. The molecule has 0 aromatic rings. The van der Waals surface area contributed by atoms with Crippen LogP contribution in [0.4, 0.5) is 0 Å². The molecule has 1 aliphatic rings. The van der Waals surface area contributed by atoms with E-state index in [1.807, 2.05) is 21.6 Å². The van der Waals surface area contributed by atoms with E-state index >= 15 is 0 Å². The van der Waals surface area contributed by atoms with Gasteiger partial charge in [0.2, 0.25) is 0 Å². The lowest BCUT2D eigenvalue weighted by Gasteiger charge is -1.89. The van der Waals surface area contributed by atoms with E-state index in [9.17, 15) is 0 Å². The molecule has 1 rings (SSSR count). The van der Waals surface area contributed by atoms with Crippen molar-refractivity contribution in [3.8, 4) is 0 Å². The number of allylic oxidation sites excluding steroid dienone is 1. The van der Waals surface area contributed by atoms with Crippen molar-refractivity contribution in [1.82, 2.24) is 0 Å². The van der Waals surface area contributed by atoms with Crippen LogP contribution in [0.1, 0.15) is 20.3 Å². The van der Waals surface area contributed by atoms with Crippen LogP contribution in [0.2, 0.25) is 0 Å². The van der Waals surface area contributed by atoms with Crippen LogP contribution < -0.4 is 0 Å². The SMILES string of the molecule is CCC1=CC(C)SS1. The second kappa shape index (κ2) is 2.83. The molecule has 0 bridgehead atoms. The van der Waals surface area contributed by atoms with Crippen molar-refractivity contribution in [2.45, 2.75) is 25.5 Å². The molecule has 0 amide bonds. The van der Waals surface area contributed by atoms with Crippen molar-refractivity contribution in [2.24, 2.45) is 0 Å². The molecular formula is C6H10S2. The Kier molecular flexibility index (Phi) is 2.32. The van der Waals surface area contributed by atoms with Gasteiger partial charge >= 0.3 is 0 Å². The third kappa shape index (κ3) is 1.46. The monoisotopic (exact) mass is 146 g/mol. The average Bonchev–Trinajstić information content (AvgIpc) is 2.14. The highest BCUT2D eigenvalue weighted by Crippen LogP contribution is 2.42. The molecule has 0 saturated heterocycles. The molecule has 0 radical (unpaired) electrons. The zero-order valence-electron chi connectivity index (χ0n) is 5.18. The van der Waals surface area contributed by atoms with Gasteiger partial charge in [0.1, 0.15) is 0 Å². The molecule has 0 N–H and O–H groups in total. The summed E-state index contributed by atoms with van der Waals surface area (Å²) in [5.41, 5.74) is 0. The average molecular weight is 146 g/mol. The van der Waals surface area contributed by atoms with Crippen molar-refractivity contribution in [1.29, 1.82) is 0 Å². The summed E-state index contributed by atoms with van der Waals surface area (Å²) < 4.78 is 0. The highest BCUT2D eigenvalue weighted by atomic mass is 33.1. The van der Waals surface area contributed by atoms with Crippen LogP contribution in [-0.4, -0.2) is 5.25 Å². The smallest absolute Gasteiger partial charge is 0.0317 e. The standard InChI is InChI=1S/C6H10S2/c1-3-6-4-5(2)7-8-6/h4-5H,3H2,1-2H3. The van der Waals surface area contributed by atoms with Gasteiger partial charge in [0, 0.05) is 5.25 Å². The van der Waals surface area contributed by atoms with Crippen molar-refractivity contribution in [3.05, 3.63) is 11.0 Å². The predicted molar refractivity (Wildman–Crippen MR) is 43.0 cm³/mol. The minimum Gasteiger partial charge on any atom is -0.0819 e. The summed E-state index contributed by atoms with van der Waals surface area (Å²) in [4.78, 5) is 1.54. The van der Waals surface area contributed by atoms with Crippen molar-refractivity contribution in [3.63, 3.8) is 0 Å². The Bertz CT molecular complexity index is 107. The lowest BCUT2D eigenvalue weighted by Crippen LogP contribution is -1.79. The minimum absolute atomic E-state index is 0.745. The van der Waals surface area contributed by atoms with Crippen LogP contribution in [0, 0.1) is 0 Å². The molecule has 0 aromatic carbocycles. The quantitative estimate of drug-likeness (QED) is 0.521. The van der Waals surface area contributed by atoms with Gasteiger partial charge in [-0.05, 0) is 18.2 Å². The van der Waals surface area contributed by atoms with Crippen LogP contribution in [0.5, 0.6) is 0 Å². The number of rotatable bonds is 1. The zero-order chi connectivity index (χ0) is 5.98. The van der Waals surface area contributed by atoms with Crippen LogP contribution in [-0.2, 0) is 0 Å². The van der Waals surface area contributed by atoms with Gasteiger partial charge in [-0.2, -0.15) is 0 Å². The maximum atomic E-state index is 2.34. The molecule has 8 heavy (non-hydrogen) atoms. The minimum atomic E-state index is 0.745. The third-order valence-corrected chi connectivity index (χ3v) is 4.09. The summed E-state index contributed by atoms with van der Waals surface area (Å²) in [5.74, 6) is 0. The Morgan fingerprint density at radius 3 is 2.75 bits per heavy atom. The molecule has 0 aliphatic carbocycles. The molecule has 0 fully saturated rings. The lowest BCUT2D eigenvalue weighted by molar-refractivity contribution is 1.16. The van der Waals surface area contributed by atoms with Gasteiger partial charge in [0.05, 0.1) is 0 Å². The van der Waals surface area contributed by atoms with E-state index in [1.54, 1.807) is 4.91 Å². The Morgan fingerprint density at radius 1 is 1.75 bits per heavy atom. The highest BCUT2D eigenvalue weighted by Gasteiger charge is 2.09. The Hall–Kier alpha value is 0.440. The molecule has 0 spiro atoms. The first-order chi connectivity index (χ1) is 3.83. The maximum Gasteiger partial charge on any atom is 0.0317 e. The first kappa shape index (κ1) is 6.56. The topological polar surface area (TPSA) is 0 Å². The molecule has 1 heterocycles. The zero-order valence-corrected chi connectivity index (χ0v) is 6.81. The van der Waals surface area contributed by atoms with Crippen molar-refractivity contribution in [2.75, 3.05) is 0 Å². The summed E-state index contributed by atoms with van der Waals surface area (Å²) in [6, 6.07) is 0. The van der Waals surface area contributed by atoms with Crippen LogP contribution in [0.3, 0.4) is 0 Å². The fourth-order valence-corrected chi connectivity index (χ4v) is 3.10. The van der Waals surface area contributed by atoms with Crippen LogP contribution >= 0.6 is 21.6 Å². The summed E-state index contributed by atoms with van der Waals surface area (Å²) in [6.45, 7) is 4.44. The molecule has 0 aromatic heterocycles. The Labute approximate surface area is 58.5 Å². The van der Waals surface area contributed by atoms with Gasteiger partial charge in [-0.1, -0.05) is 34.6 Å². The van der Waals surface area contributed by atoms with E-state index in [0.717, 1.165) is 5.25 Å². The van der Waals surface area contributed by atoms with E-state index < -0.39 is 0 Å². The van der Waals surface area contributed by atoms with E-state index in [1.165, 1.54) is 6.42 Å². The molecule has 46 valence electrons. The highest BCUT2D eigenvalue weighted by molar-refractivity contribution is 8.78. The van der Waals surface area contributed by atoms with Gasteiger partial charge in [-0.15, -0.1) is 0 Å². The van der Waals surface area contributed by atoms with E-state index in [4.69, 9.17) is 0 Å². The maximum absolute atomic E-state index is 2.34. The first-order valence-corrected chi connectivity index (χ1v) is 5.08. The number of hydrogen-bond acceptors (Lipinski definition) is 2. The van der Waals surface area contributed by atoms with Gasteiger partial charge in [0.15, 0.2) is 0 Å². The first-order valence-electron chi connectivity index (χ1n) is 2.87. The predicted octanol–water partition coefficient (Wildman–Crippen LogP) is 3.06. The molecule has 1 unspecified atom stereocenters. The van der Waals surface area contributed by atoms with E-state index in [-0.39, 0.29) is 0 Å². The molecule has 1 aliphatic heterocycles. The van der Waals surface area contributed by atoms with Gasteiger partial charge in [0.25, 0.3) is 0 Å². The van der Waals surface area contributed by atoms with Crippen LogP contribution in [0.25, 0.3) is 0 Å². The Balaban J connectivity index is 2.44. The largest absolute Gasteiger partial charge is 0.0819 e. The van der Waals surface area contributed by atoms with E-state index in [0.29, 0.717) is 0 Å².